The lowest BCUT2D eigenvalue weighted by atomic mass is 10.0. The predicted octanol–water partition coefficient (Wildman–Crippen LogP) is 0.270. The molecule has 2 rings (SSSR count). The number of hydrogen-bond acceptors (Lipinski definition) is 8. The Kier molecular flexibility index (Phi) is 12.1. The van der Waals surface area contributed by atoms with Gasteiger partial charge in [-0.15, -0.1) is 0 Å². The second-order valence-corrected chi connectivity index (χ2v) is 9.97. The maximum absolute atomic E-state index is 13.3. The van der Waals surface area contributed by atoms with E-state index in [1.807, 2.05) is 0 Å². The molecule has 222 valence electrons. The summed E-state index contributed by atoms with van der Waals surface area (Å²) < 4.78 is 0. The molecule has 0 heterocycles. The normalized spacial score (nSPS) is 13.9. The molecule has 0 bridgehead atoms. The van der Waals surface area contributed by atoms with Crippen LogP contribution in [0.25, 0.3) is 0 Å². The first-order valence-corrected chi connectivity index (χ1v) is 12.9. The van der Waals surface area contributed by atoms with E-state index in [-0.39, 0.29) is 30.8 Å². The molecular weight excluding hydrogens is 536 g/mol. The van der Waals surface area contributed by atoms with Gasteiger partial charge in [0.05, 0.1) is 6.04 Å². The monoisotopic (exact) mass is 572 g/mol. The number of amides is 3. The van der Waals surface area contributed by atoms with Crippen LogP contribution in [0.5, 0.6) is 11.5 Å². The molecule has 0 aromatic heterocycles. The van der Waals surface area contributed by atoms with E-state index in [1.165, 1.54) is 36.4 Å². The summed E-state index contributed by atoms with van der Waals surface area (Å²) in [6.45, 7) is 3.21. The number of nitrogens with two attached hydrogens (primary N) is 1. The lowest BCUT2D eigenvalue weighted by Gasteiger charge is -2.26. The van der Waals surface area contributed by atoms with Gasteiger partial charge in [0.15, 0.2) is 0 Å². The maximum Gasteiger partial charge on any atom is 0.326 e. The summed E-state index contributed by atoms with van der Waals surface area (Å²) in [5.41, 5.74) is 7.17. The van der Waals surface area contributed by atoms with Crippen LogP contribution in [0.15, 0.2) is 48.5 Å². The molecule has 41 heavy (non-hydrogen) atoms. The molecule has 4 atom stereocenters. The van der Waals surface area contributed by atoms with Crippen LogP contribution < -0.4 is 21.7 Å². The fraction of sp³-hybridized carbons (Fsp3) is 0.393. The molecular formula is C28H36N4O9. The number of phenolic OH excluding ortho intramolecular Hbond substituents is 2. The average molecular weight is 573 g/mol. The summed E-state index contributed by atoms with van der Waals surface area (Å²) in [4.78, 5) is 62.2. The lowest BCUT2D eigenvalue weighted by molar-refractivity contribution is -0.143. The third kappa shape index (κ3) is 10.8. The molecule has 0 fully saturated rings. The predicted molar refractivity (Wildman–Crippen MR) is 147 cm³/mol. The first-order valence-electron chi connectivity index (χ1n) is 12.9. The lowest BCUT2D eigenvalue weighted by Crippen LogP contribution is -2.58. The van der Waals surface area contributed by atoms with Crippen LogP contribution in [0, 0.1) is 5.92 Å². The molecule has 9 N–H and O–H groups in total. The van der Waals surface area contributed by atoms with Crippen molar-refractivity contribution < 1.29 is 44.4 Å². The average Bonchev–Trinajstić information content (AvgIpc) is 2.90. The van der Waals surface area contributed by atoms with E-state index < -0.39 is 66.2 Å². The van der Waals surface area contributed by atoms with E-state index in [9.17, 15) is 39.3 Å². The zero-order valence-corrected chi connectivity index (χ0v) is 22.7. The van der Waals surface area contributed by atoms with Gasteiger partial charge in [-0.3, -0.25) is 19.2 Å². The van der Waals surface area contributed by atoms with Gasteiger partial charge in [0.2, 0.25) is 17.7 Å². The van der Waals surface area contributed by atoms with E-state index in [0.29, 0.717) is 11.1 Å². The first-order chi connectivity index (χ1) is 19.3. The molecule has 2 aromatic carbocycles. The highest BCUT2D eigenvalue weighted by Crippen LogP contribution is 2.14. The third-order valence-corrected chi connectivity index (χ3v) is 6.25. The number of hydrogen-bond donors (Lipinski definition) is 8. The first kappa shape index (κ1) is 32.6. The molecule has 0 aliphatic rings. The van der Waals surface area contributed by atoms with Gasteiger partial charge >= 0.3 is 11.9 Å². The van der Waals surface area contributed by atoms with Gasteiger partial charge in [-0.2, -0.15) is 0 Å². The fourth-order valence-corrected chi connectivity index (χ4v) is 3.91. The highest BCUT2D eigenvalue weighted by Gasteiger charge is 2.31. The highest BCUT2D eigenvalue weighted by molar-refractivity contribution is 5.94. The van der Waals surface area contributed by atoms with Crippen molar-refractivity contribution in [3.63, 3.8) is 0 Å². The number of aliphatic carboxylic acids is 2. The Morgan fingerprint density at radius 1 is 0.707 bits per heavy atom. The Morgan fingerprint density at radius 3 is 1.63 bits per heavy atom. The van der Waals surface area contributed by atoms with Crippen LogP contribution >= 0.6 is 0 Å². The number of nitrogens with one attached hydrogen (secondary N) is 3. The van der Waals surface area contributed by atoms with Crippen LogP contribution in [0.2, 0.25) is 0 Å². The topological polar surface area (TPSA) is 228 Å². The molecule has 13 nitrogen and oxygen atoms in total. The molecule has 4 unspecified atom stereocenters. The van der Waals surface area contributed by atoms with Crippen molar-refractivity contribution >= 4 is 29.7 Å². The Labute approximate surface area is 236 Å². The number of carbonyl (C=O) groups is 5. The summed E-state index contributed by atoms with van der Waals surface area (Å²) >= 11 is 0. The Balaban J connectivity index is 2.24. The molecule has 0 aliphatic carbocycles. The number of carboxylic acids is 2. The van der Waals surface area contributed by atoms with Crippen LogP contribution in [-0.4, -0.2) is 74.3 Å². The number of rotatable bonds is 15. The van der Waals surface area contributed by atoms with Gasteiger partial charge in [-0.1, -0.05) is 38.1 Å². The quantitative estimate of drug-likeness (QED) is 0.145. The smallest absolute Gasteiger partial charge is 0.326 e. The van der Waals surface area contributed by atoms with E-state index in [0.717, 1.165) is 0 Å². The van der Waals surface area contributed by atoms with Crippen molar-refractivity contribution in [3.8, 4) is 11.5 Å². The second-order valence-electron chi connectivity index (χ2n) is 9.97. The van der Waals surface area contributed by atoms with Crippen LogP contribution in [0.3, 0.4) is 0 Å². The number of benzene rings is 2. The minimum Gasteiger partial charge on any atom is -0.508 e. The Bertz CT molecular complexity index is 1220. The third-order valence-electron chi connectivity index (χ3n) is 6.25. The van der Waals surface area contributed by atoms with Crippen molar-refractivity contribution in [3.05, 3.63) is 59.7 Å². The highest BCUT2D eigenvalue weighted by atomic mass is 16.4. The second kappa shape index (κ2) is 15.2. The van der Waals surface area contributed by atoms with Crippen molar-refractivity contribution in [2.24, 2.45) is 11.7 Å². The van der Waals surface area contributed by atoms with Gasteiger partial charge in [-0.25, -0.2) is 4.79 Å². The zero-order valence-electron chi connectivity index (χ0n) is 22.7. The Hall–Kier alpha value is -4.65. The van der Waals surface area contributed by atoms with Crippen LogP contribution in [0.1, 0.15) is 37.8 Å². The number of aromatic hydroxyl groups is 2. The maximum atomic E-state index is 13.3. The fourth-order valence-electron chi connectivity index (χ4n) is 3.91. The molecule has 0 saturated heterocycles. The van der Waals surface area contributed by atoms with Crippen LogP contribution in [0.4, 0.5) is 0 Å². The van der Waals surface area contributed by atoms with Crippen molar-refractivity contribution in [1.29, 1.82) is 0 Å². The molecule has 0 aliphatic heterocycles. The minimum absolute atomic E-state index is 0.0235. The Morgan fingerprint density at radius 2 is 1.17 bits per heavy atom. The number of carboxylic acid groups (broad SMARTS) is 2. The minimum atomic E-state index is -1.38. The molecule has 0 saturated carbocycles. The standard InChI is InChI=1S/C28H36N4O9/c1-15(2)24(28(40)41)32-27(39)22(14-17-5-9-19(34)10-6-17)31-26(38)21(11-12-23(35)36)30-25(37)20(29)13-16-3-7-18(33)8-4-16/h3-10,15,20-22,24,33-34H,11-14,29H2,1-2H3,(H,30,37)(H,31,38)(H,32,39)(H,35,36)(H,40,41). The van der Waals surface area contributed by atoms with Crippen molar-refractivity contribution in [2.75, 3.05) is 0 Å². The van der Waals surface area contributed by atoms with Crippen molar-refractivity contribution in [1.82, 2.24) is 16.0 Å². The van der Waals surface area contributed by atoms with Gasteiger partial charge < -0.3 is 42.1 Å². The molecule has 0 radical (unpaired) electrons. The molecule has 0 spiro atoms. The van der Waals surface area contributed by atoms with Gasteiger partial charge in [-0.05, 0) is 54.2 Å². The SMILES string of the molecule is CC(C)C(NC(=O)C(Cc1ccc(O)cc1)NC(=O)C(CCC(=O)O)NC(=O)C(N)Cc1ccc(O)cc1)C(=O)O. The van der Waals surface area contributed by atoms with Gasteiger partial charge in [0, 0.05) is 12.8 Å². The summed E-state index contributed by atoms with van der Waals surface area (Å²) in [6, 6.07) is 6.76. The molecule has 13 heteroatoms. The number of carbonyl (C=O) groups excluding carboxylic acids is 3. The summed E-state index contributed by atoms with van der Waals surface area (Å²) in [5.74, 6) is -5.36. The zero-order chi connectivity index (χ0) is 30.7. The molecule has 2 aromatic rings. The van der Waals surface area contributed by atoms with Crippen molar-refractivity contribution in [2.45, 2.75) is 63.7 Å². The largest absolute Gasteiger partial charge is 0.508 e. The summed E-state index contributed by atoms with van der Waals surface area (Å²) in [5, 5.41) is 45.0. The van der Waals surface area contributed by atoms with E-state index in [1.54, 1.807) is 26.0 Å². The van der Waals surface area contributed by atoms with Crippen LogP contribution in [-0.2, 0) is 36.8 Å². The molecule has 3 amide bonds. The van der Waals surface area contributed by atoms with E-state index in [4.69, 9.17) is 10.8 Å². The summed E-state index contributed by atoms with van der Waals surface area (Å²) in [7, 11) is 0. The van der Waals surface area contributed by atoms with Gasteiger partial charge in [0.1, 0.15) is 29.6 Å². The number of phenols is 2. The van der Waals surface area contributed by atoms with Gasteiger partial charge in [0.25, 0.3) is 0 Å². The van der Waals surface area contributed by atoms with E-state index in [2.05, 4.69) is 16.0 Å². The summed E-state index contributed by atoms with van der Waals surface area (Å²) in [6.07, 6.45) is -0.815. The van der Waals surface area contributed by atoms with E-state index >= 15 is 0 Å².